The predicted octanol–water partition coefficient (Wildman–Crippen LogP) is 3.47. The number of amides is 1. The van der Waals surface area contributed by atoms with Crippen LogP contribution >= 0.6 is 11.6 Å². The van der Waals surface area contributed by atoms with Crippen LogP contribution in [0.3, 0.4) is 0 Å². The van der Waals surface area contributed by atoms with Crippen LogP contribution < -0.4 is 5.32 Å². The number of nitrogens with zero attached hydrogens (tertiary/aromatic N) is 2. The van der Waals surface area contributed by atoms with E-state index in [4.69, 9.17) is 11.6 Å². The lowest BCUT2D eigenvalue weighted by Crippen LogP contribution is -2.27. The average molecular weight is 316 g/mol. The zero-order chi connectivity index (χ0) is 15.1. The lowest BCUT2D eigenvalue weighted by Gasteiger charge is -2.14. The Balaban J connectivity index is 1.76. The van der Waals surface area contributed by atoms with Crippen LogP contribution in [0.4, 0.5) is 5.82 Å². The molecule has 4 rings (SSSR count). The molecule has 22 heavy (non-hydrogen) atoms. The summed E-state index contributed by atoms with van der Waals surface area (Å²) in [7, 11) is 0. The highest BCUT2D eigenvalue weighted by Gasteiger charge is 2.28. The third-order valence-corrected chi connectivity index (χ3v) is 4.74. The first-order chi connectivity index (χ1) is 10.7. The second-order valence-electron chi connectivity index (χ2n) is 5.88. The van der Waals surface area contributed by atoms with Gasteiger partial charge in [-0.3, -0.25) is 4.79 Å². The SMILES string of the molecule is O=C(c1cc(-c2ccc(Cl)cc2)n2c1NCC2)N1CCCC1. The molecule has 0 bridgehead atoms. The topological polar surface area (TPSA) is 37.3 Å². The molecule has 2 aliphatic rings. The maximum Gasteiger partial charge on any atom is 0.257 e. The highest BCUT2D eigenvalue weighted by Crippen LogP contribution is 2.34. The van der Waals surface area contributed by atoms with Gasteiger partial charge in [0.1, 0.15) is 5.82 Å². The first kappa shape index (κ1) is 13.7. The molecule has 2 aromatic rings. The van der Waals surface area contributed by atoms with Crippen molar-refractivity contribution in [3.63, 3.8) is 0 Å². The minimum absolute atomic E-state index is 0.149. The molecule has 1 N–H and O–H groups in total. The van der Waals surface area contributed by atoms with Gasteiger partial charge in [-0.05, 0) is 36.6 Å². The Hall–Kier alpha value is -1.94. The largest absolute Gasteiger partial charge is 0.369 e. The van der Waals surface area contributed by atoms with Crippen molar-refractivity contribution in [2.24, 2.45) is 0 Å². The highest BCUT2D eigenvalue weighted by molar-refractivity contribution is 6.30. The Morgan fingerprint density at radius 2 is 1.82 bits per heavy atom. The van der Waals surface area contributed by atoms with Gasteiger partial charge < -0.3 is 14.8 Å². The van der Waals surface area contributed by atoms with Crippen molar-refractivity contribution in [2.75, 3.05) is 25.0 Å². The van der Waals surface area contributed by atoms with Crippen LogP contribution in [-0.4, -0.2) is 35.0 Å². The van der Waals surface area contributed by atoms with Gasteiger partial charge in [0.05, 0.1) is 11.3 Å². The minimum atomic E-state index is 0.149. The molecule has 0 spiro atoms. The van der Waals surface area contributed by atoms with Crippen LogP contribution in [-0.2, 0) is 6.54 Å². The summed E-state index contributed by atoms with van der Waals surface area (Å²) in [6, 6.07) is 9.81. The molecule has 0 atom stereocenters. The number of fused-ring (bicyclic) bond motifs is 1. The number of hydrogen-bond donors (Lipinski definition) is 1. The van der Waals surface area contributed by atoms with E-state index in [-0.39, 0.29) is 5.91 Å². The quantitative estimate of drug-likeness (QED) is 0.921. The summed E-state index contributed by atoms with van der Waals surface area (Å²) in [5, 5.41) is 4.09. The number of rotatable bonds is 2. The van der Waals surface area contributed by atoms with Crippen molar-refractivity contribution in [2.45, 2.75) is 19.4 Å². The van der Waals surface area contributed by atoms with Gasteiger partial charge in [-0.15, -0.1) is 0 Å². The summed E-state index contributed by atoms with van der Waals surface area (Å²) in [5.41, 5.74) is 2.97. The number of nitrogens with one attached hydrogen (secondary N) is 1. The second kappa shape index (κ2) is 5.36. The Labute approximate surface area is 134 Å². The van der Waals surface area contributed by atoms with Gasteiger partial charge in [0, 0.05) is 31.2 Å². The van der Waals surface area contributed by atoms with Crippen molar-refractivity contribution in [3.8, 4) is 11.3 Å². The van der Waals surface area contributed by atoms with Crippen molar-refractivity contribution < 1.29 is 4.79 Å². The standard InChI is InChI=1S/C17H18ClN3O/c18-13-5-3-12(4-6-13)15-11-14(16-19-7-10-21(15)16)17(22)20-8-1-2-9-20/h3-6,11,19H,1-2,7-10H2. The third kappa shape index (κ3) is 2.18. The van der Waals surface area contributed by atoms with Gasteiger partial charge in [0.15, 0.2) is 0 Å². The normalized spacial score (nSPS) is 16.7. The van der Waals surface area contributed by atoms with Gasteiger partial charge in [-0.1, -0.05) is 23.7 Å². The van der Waals surface area contributed by atoms with Crippen LogP contribution in [0.5, 0.6) is 0 Å². The monoisotopic (exact) mass is 315 g/mol. The zero-order valence-electron chi connectivity index (χ0n) is 12.3. The van der Waals surface area contributed by atoms with Crippen molar-refractivity contribution in [1.82, 2.24) is 9.47 Å². The number of carbonyl (C=O) groups is 1. The van der Waals surface area contributed by atoms with Gasteiger partial charge in [0.2, 0.25) is 0 Å². The summed E-state index contributed by atoms with van der Waals surface area (Å²) in [4.78, 5) is 14.7. The number of carbonyl (C=O) groups excluding carboxylic acids is 1. The lowest BCUT2D eigenvalue weighted by molar-refractivity contribution is 0.0794. The first-order valence-electron chi connectivity index (χ1n) is 7.76. The van der Waals surface area contributed by atoms with Gasteiger partial charge >= 0.3 is 0 Å². The Kier molecular flexibility index (Phi) is 3.34. The third-order valence-electron chi connectivity index (χ3n) is 4.49. The van der Waals surface area contributed by atoms with E-state index in [0.29, 0.717) is 0 Å². The highest BCUT2D eigenvalue weighted by atomic mass is 35.5. The van der Waals surface area contributed by atoms with E-state index < -0.39 is 0 Å². The summed E-state index contributed by atoms with van der Waals surface area (Å²) < 4.78 is 2.20. The van der Waals surface area contributed by atoms with E-state index in [1.165, 1.54) is 0 Å². The fourth-order valence-electron chi connectivity index (χ4n) is 3.37. The Morgan fingerprint density at radius 3 is 2.55 bits per heavy atom. The summed E-state index contributed by atoms with van der Waals surface area (Å²) in [6.45, 7) is 3.51. The molecule has 0 aliphatic carbocycles. The fraction of sp³-hybridized carbons (Fsp3) is 0.353. The van der Waals surface area contributed by atoms with Gasteiger partial charge in [0.25, 0.3) is 5.91 Å². The second-order valence-corrected chi connectivity index (χ2v) is 6.31. The van der Waals surface area contributed by atoms with E-state index in [1.54, 1.807) is 0 Å². The van der Waals surface area contributed by atoms with E-state index in [0.717, 1.165) is 66.7 Å². The minimum Gasteiger partial charge on any atom is -0.369 e. The smallest absolute Gasteiger partial charge is 0.257 e. The Bertz CT molecular complexity index is 714. The summed E-state index contributed by atoms with van der Waals surface area (Å²) in [6.07, 6.45) is 2.22. The van der Waals surface area contributed by atoms with Crippen molar-refractivity contribution in [3.05, 3.63) is 40.9 Å². The molecule has 0 radical (unpaired) electrons. The molecule has 114 valence electrons. The first-order valence-corrected chi connectivity index (χ1v) is 8.14. The number of halogens is 1. The summed E-state index contributed by atoms with van der Waals surface area (Å²) in [5.74, 6) is 1.11. The van der Waals surface area contributed by atoms with Crippen LogP contribution in [0.25, 0.3) is 11.3 Å². The van der Waals surface area contributed by atoms with Crippen LogP contribution in [0.15, 0.2) is 30.3 Å². The molecular weight excluding hydrogens is 298 g/mol. The molecule has 3 heterocycles. The number of likely N-dealkylation sites (tertiary alicyclic amines) is 1. The molecule has 0 saturated carbocycles. The van der Waals surface area contributed by atoms with Crippen molar-refractivity contribution in [1.29, 1.82) is 0 Å². The number of benzene rings is 1. The van der Waals surface area contributed by atoms with E-state index in [2.05, 4.69) is 9.88 Å². The molecule has 4 nitrogen and oxygen atoms in total. The maximum atomic E-state index is 12.8. The molecule has 1 amide bonds. The van der Waals surface area contributed by atoms with E-state index in [1.807, 2.05) is 35.2 Å². The predicted molar refractivity (Wildman–Crippen MR) is 88.5 cm³/mol. The van der Waals surface area contributed by atoms with E-state index in [9.17, 15) is 4.79 Å². The molecule has 0 unspecified atom stereocenters. The van der Waals surface area contributed by atoms with Crippen LogP contribution in [0.1, 0.15) is 23.2 Å². The zero-order valence-corrected chi connectivity index (χ0v) is 13.1. The van der Waals surface area contributed by atoms with E-state index >= 15 is 0 Å². The number of anilines is 1. The maximum absolute atomic E-state index is 12.8. The Morgan fingerprint density at radius 1 is 1.09 bits per heavy atom. The molecule has 1 aromatic carbocycles. The molecule has 5 heteroatoms. The van der Waals surface area contributed by atoms with Gasteiger partial charge in [-0.2, -0.15) is 0 Å². The summed E-state index contributed by atoms with van der Waals surface area (Å²) >= 11 is 5.98. The van der Waals surface area contributed by atoms with Crippen LogP contribution in [0, 0.1) is 0 Å². The fourth-order valence-corrected chi connectivity index (χ4v) is 3.50. The van der Waals surface area contributed by atoms with Crippen LogP contribution in [0.2, 0.25) is 5.02 Å². The number of aromatic nitrogens is 1. The molecule has 2 aliphatic heterocycles. The number of hydrogen-bond acceptors (Lipinski definition) is 2. The molecule has 1 aromatic heterocycles. The molecule has 1 saturated heterocycles. The lowest BCUT2D eigenvalue weighted by atomic mass is 10.1. The van der Waals surface area contributed by atoms with Crippen molar-refractivity contribution >= 4 is 23.3 Å². The van der Waals surface area contributed by atoms with Gasteiger partial charge in [-0.25, -0.2) is 0 Å². The molecule has 1 fully saturated rings. The average Bonchev–Trinajstić information content (AvgIpc) is 3.25. The molecular formula is C17H18ClN3O.